The van der Waals surface area contributed by atoms with Crippen molar-refractivity contribution in [3.05, 3.63) is 0 Å². The van der Waals surface area contributed by atoms with Crippen LogP contribution in [0.15, 0.2) is 0 Å². The minimum Gasteiger partial charge on any atom is -0.356 e. The van der Waals surface area contributed by atoms with Crippen LogP contribution >= 0.6 is 15.2 Å². The van der Waals surface area contributed by atoms with Crippen LogP contribution in [0.5, 0.6) is 0 Å². The average Bonchev–Trinajstić information content (AvgIpc) is 2.06. The molecule has 0 fully saturated rings. The molecule has 1 atom stereocenters. The number of unbranched alkanes of at least 4 members (excludes halogenated alkanes) is 1. The van der Waals surface area contributed by atoms with E-state index >= 15 is 0 Å². The van der Waals surface area contributed by atoms with Gasteiger partial charge in [-0.1, -0.05) is 0 Å². The van der Waals surface area contributed by atoms with E-state index in [1.807, 2.05) is 0 Å². The first-order valence-electron chi connectivity index (χ1n) is 4.88. The lowest BCUT2D eigenvalue weighted by Gasteiger charge is -2.12. The molecule has 0 aromatic heterocycles. The Morgan fingerprint density at radius 3 is 2.29 bits per heavy atom. The summed E-state index contributed by atoms with van der Waals surface area (Å²) in [6.07, 6.45) is 0.960. The van der Waals surface area contributed by atoms with Crippen LogP contribution in [0.25, 0.3) is 0 Å². The molecule has 0 saturated carbocycles. The Morgan fingerprint density at radius 1 is 1.24 bits per heavy atom. The summed E-state index contributed by atoms with van der Waals surface area (Å²) in [5.74, 6) is -1.34. The van der Waals surface area contributed by atoms with E-state index in [9.17, 15) is 13.9 Å². The minimum absolute atomic E-state index is 0.0899. The summed E-state index contributed by atoms with van der Waals surface area (Å²) in [5.41, 5.74) is 0. The summed E-state index contributed by atoms with van der Waals surface area (Å²) in [6.45, 7) is 1.71. The third kappa shape index (κ3) is 12.0. The fourth-order valence-electron chi connectivity index (χ4n) is 0.972. The predicted molar refractivity (Wildman–Crippen MR) is 60.6 cm³/mol. The van der Waals surface area contributed by atoms with Gasteiger partial charge in [-0.3, -0.25) is 13.9 Å². The van der Waals surface area contributed by atoms with Gasteiger partial charge >= 0.3 is 15.2 Å². The maximum atomic E-state index is 11.1. The van der Waals surface area contributed by atoms with Crippen molar-refractivity contribution in [1.82, 2.24) is 5.32 Å². The fourth-order valence-corrected chi connectivity index (χ4v) is 3.58. The van der Waals surface area contributed by atoms with Gasteiger partial charge in [0.05, 0.1) is 6.61 Å². The van der Waals surface area contributed by atoms with Gasteiger partial charge in [-0.05, 0) is 12.8 Å². The Morgan fingerprint density at radius 2 is 1.82 bits per heavy atom. The molecule has 8 nitrogen and oxygen atoms in total. The van der Waals surface area contributed by atoms with Crippen LogP contribution in [0.1, 0.15) is 19.8 Å². The second-order valence-electron chi connectivity index (χ2n) is 3.47. The Kier molecular flexibility index (Phi) is 7.16. The van der Waals surface area contributed by atoms with Crippen LogP contribution in [0, 0.1) is 0 Å². The number of carbonyl (C=O) groups is 1. The molecular weight excluding hydrogens is 272 g/mol. The molecule has 0 aromatic rings. The number of rotatable bonds is 8. The Bertz CT molecular complexity index is 339. The van der Waals surface area contributed by atoms with Crippen molar-refractivity contribution in [2.75, 3.05) is 19.1 Å². The molecule has 102 valence electrons. The van der Waals surface area contributed by atoms with Gasteiger partial charge in [-0.25, -0.2) is 0 Å². The highest BCUT2D eigenvalue weighted by atomic mass is 31.2. The van der Waals surface area contributed by atoms with Crippen molar-refractivity contribution < 1.29 is 33.1 Å². The van der Waals surface area contributed by atoms with Crippen LogP contribution < -0.4 is 5.32 Å². The van der Waals surface area contributed by atoms with E-state index in [4.69, 9.17) is 14.7 Å². The Labute approximate surface area is 99.1 Å². The smallest absolute Gasteiger partial charge is 0.340 e. The molecule has 4 N–H and O–H groups in total. The van der Waals surface area contributed by atoms with Crippen LogP contribution in [0.3, 0.4) is 0 Å². The summed E-state index contributed by atoms with van der Waals surface area (Å²) >= 11 is 0. The van der Waals surface area contributed by atoms with E-state index in [2.05, 4.69) is 9.84 Å². The zero-order valence-corrected chi connectivity index (χ0v) is 11.2. The molecule has 0 saturated heterocycles. The van der Waals surface area contributed by atoms with Gasteiger partial charge < -0.3 is 24.5 Å². The van der Waals surface area contributed by atoms with Crippen molar-refractivity contribution in [3.8, 4) is 0 Å². The summed E-state index contributed by atoms with van der Waals surface area (Å²) < 4.78 is 26.2. The van der Waals surface area contributed by atoms with E-state index in [1.54, 1.807) is 0 Å². The van der Waals surface area contributed by atoms with Gasteiger partial charge in [0.15, 0.2) is 5.90 Å². The third-order valence-electron chi connectivity index (χ3n) is 1.60. The van der Waals surface area contributed by atoms with Gasteiger partial charge in [0.1, 0.15) is 0 Å². The van der Waals surface area contributed by atoms with Gasteiger partial charge in [0.25, 0.3) is 0 Å². The van der Waals surface area contributed by atoms with Crippen molar-refractivity contribution in [2.45, 2.75) is 19.8 Å². The lowest BCUT2D eigenvalue weighted by molar-refractivity contribution is -0.118. The highest BCUT2D eigenvalue weighted by Gasteiger charge is 2.30. The normalized spacial score (nSPS) is 15.3. The number of amides is 1. The van der Waals surface area contributed by atoms with Gasteiger partial charge in [-0.15, -0.1) is 0 Å². The van der Waals surface area contributed by atoms with Crippen LogP contribution in [0.4, 0.5) is 0 Å². The summed E-state index contributed by atoms with van der Waals surface area (Å²) in [7, 11) is -8.79. The summed E-state index contributed by atoms with van der Waals surface area (Å²) in [5, 5.41) is 2.53. The van der Waals surface area contributed by atoms with E-state index in [0.717, 1.165) is 0 Å². The summed E-state index contributed by atoms with van der Waals surface area (Å²) in [6, 6.07) is 0. The zero-order valence-electron chi connectivity index (χ0n) is 9.40. The molecule has 17 heavy (non-hydrogen) atoms. The minimum atomic E-state index is -4.56. The van der Waals surface area contributed by atoms with Crippen LogP contribution in [0.2, 0.25) is 0 Å². The molecule has 10 heteroatoms. The quantitative estimate of drug-likeness (QED) is 0.371. The number of hydrogen-bond donors (Lipinski definition) is 4. The SMILES string of the molecule is CC(=O)NCCCCOP(=O)(O)CP(=O)(O)O. The maximum absolute atomic E-state index is 11.1. The molecular formula is C7H17NO7P2. The standard InChI is InChI=1S/C7H17NO7P2/c1-7(9)8-4-2-3-5-15-17(13,14)6-16(10,11)12/h2-6H2,1H3,(H,8,9)(H,13,14)(H2,10,11,12). The van der Waals surface area contributed by atoms with E-state index in [1.165, 1.54) is 6.92 Å². The third-order valence-corrected chi connectivity index (χ3v) is 5.09. The van der Waals surface area contributed by atoms with Crippen LogP contribution in [-0.4, -0.2) is 39.6 Å². The maximum Gasteiger partial charge on any atom is 0.340 e. The highest BCUT2D eigenvalue weighted by molar-refractivity contribution is 7.70. The van der Waals surface area contributed by atoms with Gasteiger partial charge in [0, 0.05) is 13.5 Å². The Hall–Kier alpha value is -0.230. The first-order chi connectivity index (χ1) is 7.62. The second-order valence-corrected chi connectivity index (χ2v) is 7.46. The van der Waals surface area contributed by atoms with E-state index in [-0.39, 0.29) is 12.5 Å². The second kappa shape index (κ2) is 7.26. The molecule has 0 rings (SSSR count). The average molecular weight is 289 g/mol. The molecule has 0 spiro atoms. The van der Waals surface area contributed by atoms with Gasteiger partial charge in [0.2, 0.25) is 5.91 Å². The van der Waals surface area contributed by atoms with E-state index in [0.29, 0.717) is 19.4 Å². The van der Waals surface area contributed by atoms with Crippen molar-refractivity contribution >= 4 is 21.1 Å². The summed E-state index contributed by atoms with van der Waals surface area (Å²) in [4.78, 5) is 36.6. The molecule has 1 unspecified atom stereocenters. The highest BCUT2D eigenvalue weighted by Crippen LogP contribution is 2.55. The monoisotopic (exact) mass is 289 g/mol. The molecule has 0 aromatic carbocycles. The Balaban J connectivity index is 3.70. The zero-order chi connectivity index (χ0) is 13.5. The first kappa shape index (κ1) is 16.8. The van der Waals surface area contributed by atoms with Crippen LogP contribution in [-0.2, 0) is 18.4 Å². The molecule has 0 aliphatic heterocycles. The molecule has 0 aliphatic rings. The van der Waals surface area contributed by atoms with Crippen molar-refractivity contribution in [3.63, 3.8) is 0 Å². The number of hydrogen-bond acceptors (Lipinski definition) is 4. The van der Waals surface area contributed by atoms with Gasteiger partial charge in [-0.2, -0.15) is 0 Å². The first-order valence-corrected chi connectivity index (χ1v) is 8.44. The molecule has 1 amide bonds. The lowest BCUT2D eigenvalue weighted by atomic mass is 10.3. The molecule has 0 bridgehead atoms. The number of nitrogens with one attached hydrogen (secondary N) is 1. The van der Waals surface area contributed by atoms with E-state index < -0.39 is 21.1 Å². The lowest BCUT2D eigenvalue weighted by Crippen LogP contribution is -2.21. The fraction of sp³-hybridized carbons (Fsp3) is 0.857. The van der Waals surface area contributed by atoms with Crippen molar-refractivity contribution in [1.29, 1.82) is 0 Å². The predicted octanol–water partition coefficient (Wildman–Crippen LogP) is 0.240. The number of carbonyl (C=O) groups excluding carboxylic acids is 1. The van der Waals surface area contributed by atoms with Crippen molar-refractivity contribution in [2.24, 2.45) is 0 Å². The molecule has 0 aliphatic carbocycles. The molecule has 0 heterocycles. The topological polar surface area (TPSA) is 133 Å². The molecule has 0 radical (unpaired) electrons. The largest absolute Gasteiger partial charge is 0.356 e.